The fraction of sp³-hybridized carbons (Fsp3) is 0.241. The minimum Gasteiger partial charge on any atom is -0.497 e. The quantitative estimate of drug-likeness (QED) is 0.297. The number of hydrogen-bond donors (Lipinski definition) is 3. The minimum absolute atomic E-state index is 0.217. The van der Waals surface area contributed by atoms with Crippen LogP contribution in [0.15, 0.2) is 101 Å². The molecule has 1 aromatic heterocycles. The van der Waals surface area contributed by atoms with Crippen molar-refractivity contribution < 1.29 is 28.8 Å². The highest BCUT2D eigenvalue weighted by Crippen LogP contribution is 2.42. The summed E-state index contributed by atoms with van der Waals surface area (Å²) >= 11 is 0. The van der Waals surface area contributed by atoms with Crippen LogP contribution < -0.4 is 16.0 Å². The lowest BCUT2D eigenvalue weighted by atomic mass is 9.80. The molecule has 0 aliphatic carbocycles. The molecule has 0 bridgehead atoms. The molecule has 0 saturated carbocycles. The third-order valence-corrected chi connectivity index (χ3v) is 6.86. The van der Waals surface area contributed by atoms with Crippen molar-refractivity contribution in [1.29, 1.82) is 0 Å². The van der Waals surface area contributed by atoms with Gasteiger partial charge in [-0.3, -0.25) is 14.3 Å². The van der Waals surface area contributed by atoms with Crippen molar-refractivity contribution in [3.05, 3.63) is 134 Å². The van der Waals surface area contributed by atoms with Gasteiger partial charge >= 0.3 is 5.69 Å². The van der Waals surface area contributed by atoms with Crippen LogP contribution in [0.3, 0.4) is 0 Å². The second-order valence-corrected chi connectivity index (χ2v) is 9.14. The Labute approximate surface area is 222 Å². The van der Waals surface area contributed by atoms with Crippen molar-refractivity contribution >= 4 is 0 Å². The predicted octanol–water partition coefficient (Wildman–Crippen LogP) is 2.31. The van der Waals surface area contributed by atoms with Crippen molar-refractivity contribution in [1.82, 2.24) is 9.55 Å². The molecule has 1 aliphatic rings. The molecule has 4 atom stereocenters. The van der Waals surface area contributed by atoms with E-state index in [1.165, 1.54) is 0 Å². The van der Waals surface area contributed by atoms with Crippen LogP contribution in [0.1, 0.15) is 22.9 Å². The summed E-state index contributed by atoms with van der Waals surface area (Å²) in [6.45, 7) is -0.217. The van der Waals surface area contributed by atoms with Crippen LogP contribution in [0.4, 0.5) is 4.39 Å². The van der Waals surface area contributed by atoms with Gasteiger partial charge < -0.3 is 24.4 Å². The summed E-state index contributed by atoms with van der Waals surface area (Å²) in [5.74, 6) is -0.570. The van der Waals surface area contributed by atoms with Crippen LogP contribution >= 0.6 is 0 Å². The Bertz CT molecular complexity index is 1480. The van der Waals surface area contributed by atoms with E-state index in [0.29, 0.717) is 16.5 Å². The molecule has 5 rings (SSSR count). The highest BCUT2D eigenvalue weighted by Gasteiger charge is 2.46. The fourth-order valence-electron chi connectivity index (χ4n) is 4.88. The average molecular weight is 535 g/mol. The summed E-state index contributed by atoms with van der Waals surface area (Å²) in [4.78, 5) is 25.6. The molecule has 0 amide bonds. The van der Waals surface area contributed by atoms with Crippen LogP contribution in [-0.2, 0) is 15.1 Å². The van der Waals surface area contributed by atoms with Gasteiger partial charge in [0.2, 0.25) is 5.82 Å². The largest absolute Gasteiger partial charge is 0.497 e. The standard InChI is InChI=1S/C29H27FN2O7/c1-37-21-14-12-20(13-15-21)29(18-8-4-2-5-9-18,19-10-6-3-7-11-19)38-17-23-24(33)25(34)27(39-23)32-16-22(30)26(35)31-28(32)36/h2-16,23-25,27,33-34H,17H2,1H3,(H,31,35,36)/t23-,24-,25-,27-/m1/s1. The van der Waals surface area contributed by atoms with Gasteiger partial charge in [-0.2, -0.15) is 4.39 Å². The number of aliphatic hydroxyl groups excluding tert-OH is 2. The Hall–Kier alpha value is -4.09. The van der Waals surface area contributed by atoms with Gasteiger partial charge in [0.1, 0.15) is 29.7 Å². The Kier molecular flexibility index (Phi) is 7.45. The van der Waals surface area contributed by atoms with Crippen LogP contribution in [0, 0.1) is 5.82 Å². The Morgan fingerprint density at radius 3 is 2.03 bits per heavy atom. The lowest BCUT2D eigenvalue weighted by Gasteiger charge is -2.37. The number of nitrogens with one attached hydrogen (secondary N) is 1. The molecule has 9 nitrogen and oxygen atoms in total. The monoisotopic (exact) mass is 534 g/mol. The van der Waals surface area contributed by atoms with Crippen LogP contribution in [0.2, 0.25) is 0 Å². The molecule has 1 aliphatic heterocycles. The number of aliphatic hydroxyl groups is 2. The zero-order valence-electron chi connectivity index (χ0n) is 20.9. The number of aromatic amines is 1. The van der Waals surface area contributed by atoms with E-state index >= 15 is 0 Å². The van der Waals surface area contributed by atoms with Gasteiger partial charge in [0, 0.05) is 0 Å². The summed E-state index contributed by atoms with van der Waals surface area (Å²) < 4.78 is 32.4. The Morgan fingerprint density at radius 2 is 1.46 bits per heavy atom. The first kappa shape index (κ1) is 26.5. The maximum atomic E-state index is 13.9. The van der Waals surface area contributed by atoms with Gasteiger partial charge in [-0.25, -0.2) is 4.79 Å². The number of rotatable bonds is 8. The molecule has 202 valence electrons. The van der Waals surface area contributed by atoms with Gasteiger partial charge in [-0.05, 0) is 28.8 Å². The van der Waals surface area contributed by atoms with Gasteiger partial charge in [0.25, 0.3) is 5.56 Å². The number of benzene rings is 3. The van der Waals surface area contributed by atoms with Crippen molar-refractivity contribution in [2.45, 2.75) is 30.1 Å². The minimum atomic E-state index is -1.59. The molecular formula is C29H27FN2O7. The summed E-state index contributed by atoms with van der Waals surface area (Å²) in [5.41, 5.74) is -0.986. The maximum absolute atomic E-state index is 13.9. The second-order valence-electron chi connectivity index (χ2n) is 9.14. The molecule has 0 spiro atoms. The lowest BCUT2D eigenvalue weighted by Crippen LogP contribution is -2.40. The zero-order chi connectivity index (χ0) is 27.6. The molecule has 1 fully saturated rings. The van der Waals surface area contributed by atoms with Gasteiger partial charge in [0.05, 0.1) is 19.9 Å². The van der Waals surface area contributed by atoms with Gasteiger partial charge in [0.15, 0.2) is 6.23 Å². The Morgan fingerprint density at radius 1 is 0.897 bits per heavy atom. The normalized spacial score (nSPS) is 21.1. The van der Waals surface area contributed by atoms with E-state index in [1.807, 2.05) is 89.9 Å². The lowest BCUT2D eigenvalue weighted by molar-refractivity contribution is -0.0960. The van der Waals surface area contributed by atoms with Crippen LogP contribution in [0.25, 0.3) is 0 Å². The number of methoxy groups -OCH3 is 1. The molecule has 10 heteroatoms. The van der Waals surface area contributed by atoms with Crippen molar-refractivity contribution in [2.24, 2.45) is 0 Å². The topological polar surface area (TPSA) is 123 Å². The third kappa shape index (κ3) is 4.90. The highest BCUT2D eigenvalue weighted by atomic mass is 19.1. The number of nitrogens with zero attached hydrogens (tertiary/aromatic N) is 1. The van der Waals surface area contributed by atoms with Crippen molar-refractivity contribution in [3.63, 3.8) is 0 Å². The molecule has 3 N–H and O–H groups in total. The average Bonchev–Trinajstić information content (AvgIpc) is 3.25. The third-order valence-electron chi connectivity index (χ3n) is 6.86. The molecule has 2 heterocycles. The molecule has 3 aromatic carbocycles. The van der Waals surface area contributed by atoms with E-state index in [9.17, 15) is 24.2 Å². The number of H-pyrrole nitrogens is 1. The molecular weight excluding hydrogens is 507 g/mol. The van der Waals surface area contributed by atoms with Crippen LogP contribution in [-0.4, -0.2) is 51.8 Å². The molecule has 0 unspecified atom stereocenters. The van der Waals surface area contributed by atoms with E-state index in [1.54, 1.807) is 7.11 Å². The molecule has 4 aromatic rings. The fourth-order valence-corrected chi connectivity index (χ4v) is 4.88. The van der Waals surface area contributed by atoms with E-state index in [0.717, 1.165) is 16.7 Å². The van der Waals surface area contributed by atoms with E-state index in [-0.39, 0.29) is 6.61 Å². The first-order chi connectivity index (χ1) is 18.8. The molecule has 0 radical (unpaired) electrons. The van der Waals surface area contributed by atoms with Crippen molar-refractivity contribution in [3.8, 4) is 5.75 Å². The highest BCUT2D eigenvalue weighted by molar-refractivity contribution is 5.48. The maximum Gasteiger partial charge on any atom is 0.330 e. The number of ether oxygens (including phenoxy) is 3. The number of hydrogen-bond acceptors (Lipinski definition) is 7. The Balaban J connectivity index is 1.54. The van der Waals surface area contributed by atoms with Crippen molar-refractivity contribution in [2.75, 3.05) is 13.7 Å². The number of aromatic nitrogens is 2. The van der Waals surface area contributed by atoms with Crippen LogP contribution in [0.5, 0.6) is 5.75 Å². The number of halogens is 1. The molecule has 1 saturated heterocycles. The van der Waals surface area contributed by atoms with E-state index in [2.05, 4.69) is 0 Å². The van der Waals surface area contributed by atoms with Gasteiger partial charge in [-0.1, -0.05) is 72.8 Å². The summed E-state index contributed by atoms with van der Waals surface area (Å²) in [6.07, 6.45) is -4.98. The smallest absolute Gasteiger partial charge is 0.330 e. The summed E-state index contributed by atoms with van der Waals surface area (Å²) in [7, 11) is 1.58. The van der Waals surface area contributed by atoms with E-state index < -0.39 is 47.2 Å². The van der Waals surface area contributed by atoms with E-state index in [4.69, 9.17) is 14.2 Å². The zero-order valence-corrected chi connectivity index (χ0v) is 20.9. The second kappa shape index (κ2) is 11.0. The van der Waals surface area contributed by atoms with Gasteiger partial charge in [-0.15, -0.1) is 0 Å². The SMILES string of the molecule is COc1ccc(C(OC[C@H]2O[C@@H](n3cc(F)c(=O)[nH]c3=O)[C@H](O)[C@@H]2O)(c2ccccc2)c2ccccc2)cc1. The summed E-state index contributed by atoms with van der Waals surface area (Å²) in [6, 6.07) is 26.4. The molecule has 39 heavy (non-hydrogen) atoms. The first-order valence-electron chi connectivity index (χ1n) is 12.3. The predicted molar refractivity (Wildman–Crippen MR) is 139 cm³/mol. The summed E-state index contributed by atoms with van der Waals surface area (Å²) in [5, 5.41) is 21.5. The first-order valence-corrected chi connectivity index (χ1v) is 12.3.